The van der Waals surface area contributed by atoms with Gasteiger partial charge in [-0.2, -0.15) is 0 Å². The van der Waals surface area contributed by atoms with Crippen LogP contribution in [0.5, 0.6) is 0 Å². The van der Waals surface area contributed by atoms with E-state index in [1.165, 1.54) is 16.8 Å². The zero-order valence-electron chi connectivity index (χ0n) is 16.8. The van der Waals surface area contributed by atoms with Gasteiger partial charge >= 0.3 is 0 Å². The standard InChI is InChI=1S/C20H27ClN4O2S2/c1-23-9-11-25(12-10-23)18(14-22-29(26,27)20-6-5-19(21)28-20)15-3-4-17-16(13-15)7-8-24(17)2/h3-6,13,18,22H,7-12,14H2,1-2H3/t18-/m1/s1. The monoisotopic (exact) mass is 454 g/mol. The van der Waals surface area contributed by atoms with Gasteiger partial charge in [0.15, 0.2) is 0 Å². The summed E-state index contributed by atoms with van der Waals surface area (Å²) in [6, 6.07) is 9.78. The van der Waals surface area contributed by atoms with Crippen LogP contribution in [0.4, 0.5) is 5.69 Å². The molecule has 1 saturated heterocycles. The number of hydrogen-bond donors (Lipinski definition) is 1. The lowest BCUT2D eigenvalue weighted by Crippen LogP contribution is -2.48. The molecule has 4 rings (SSSR count). The predicted molar refractivity (Wildman–Crippen MR) is 120 cm³/mol. The predicted octanol–water partition coefficient (Wildman–Crippen LogP) is 2.66. The summed E-state index contributed by atoms with van der Waals surface area (Å²) in [6.45, 7) is 5.18. The molecule has 1 aromatic carbocycles. The summed E-state index contributed by atoms with van der Waals surface area (Å²) in [7, 11) is 0.667. The normalized spacial score (nSPS) is 19.5. The van der Waals surface area contributed by atoms with Crippen LogP contribution < -0.4 is 9.62 Å². The van der Waals surface area contributed by atoms with E-state index in [4.69, 9.17) is 11.6 Å². The Labute approximate surface area is 182 Å². The molecule has 1 fully saturated rings. The summed E-state index contributed by atoms with van der Waals surface area (Å²) in [4.78, 5) is 6.97. The minimum absolute atomic E-state index is 0.00474. The van der Waals surface area contributed by atoms with E-state index in [1.54, 1.807) is 12.1 Å². The Morgan fingerprint density at radius 1 is 1.10 bits per heavy atom. The molecule has 2 aromatic rings. The molecule has 1 aromatic heterocycles. The number of nitrogens with zero attached hydrogens (tertiary/aromatic N) is 3. The Morgan fingerprint density at radius 3 is 2.55 bits per heavy atom. The van der Waals surface area contributed by atoms with Crippen LogP contribution in [0, 0.1) is 0 Å². The van der Waals surface area contributed by atoms with Crippen LogP contribution in [0.15, 0.2) is 34.5 Å². The maximum Gasteiger partial charge on any atom is 0.250 e. The Morgan fingerprint density at radius 2 is 1.86 bits per heavy atom. The van der Waals surface area contributed by atoms with Crippen LogP contribution in [-0.4, -0.2) is 71.6 Å². The second kappa shape index (κ2) is 8.53. The molecular weight excluding hydrogens is 428 g/mol. The van der Waals surface area contributed by atoms with Gasteiger partial charge < -0.3 is 9.80 Å². The third-order valence-electron chi connectivity index (χ3n) is 5.87. The van der Waals surface area contributed by atoms with Crippen molar-refractivity contribution in [2.45, 2.75) is 16.7 Å². The van der Waals surface area contributed by atoms with Crippen LogP contribution >= 0.6 is 22.9 Å². The summed E-state index contributed by atoms with van der Waals surface area (Å²) in [5.41, 5.74) is 3.80. The maximum atomic E-state index is 12.8. The lowest BCUT2D eigenvalue weighted by molar-refractivity contribution is 0.113. The van der Waals surface area contributed by atoms with Crippen molar-refractivity contribution in [3.8, 4) is 0 Å². The van der Waals surface area contributed by atoms with E-state index in [0.29, 0.717) is 10.9 Å². The molecule has 2 aliphatic rings. The highest BCUT2D eigenvalue weighted by Crippen LogP contribution is 2.32. The third-order valence-corrected chi connectivity index (χ3v) is 9.02. The number of thiophene rings is 1. The number of sulfonamides is 1. The highest BCUT2D eigenvalue weighted by atomic mass is 35.5. The number of hydrogen-bond acceptors (Lipinski definition) is 6. The van der Waals surface area contributed by atoms with Gasteiger partial charge in [-0.15, -0.1) is 11.3 Å². The minimum atomic E-state index is -3.57. The zero-order valence-corrected chi connectivity index (χ0v) is 19.2. The lowest BCUT2D eigenvalue weighted by atomic mass is 10.0. The van der Waals surface area contributed by atoms with Gasteiger partial charge in [-0.3, -0.25) is 4.90 Å². The summed E-state index contributed by atoms with van der Waals surface area (Å²) < 4.78 is 29.1. The van der Waals surface area contributed by atoms with E-state index < -0.39 is 10.0 Å². The molecule has 1 atom stereocenters. The molecule has 2 aliphatic heterocycles. The number of rotatable bonds is 6. The van der Waals surface area contributed by atoms with Crippen molar-refractivity contribution in [3.63, 3.8) is 0 Å². The molecular formula is C20H27ClN4O2S2. The molecule has 0 spiro atoms. The Balaban J connectivity index is 1.57. The number of anilines is 1. The number of likely N-dealkylation sites (N-methyl/N-ethyl adjacent to an activating group) is 2. The fourth-order valence-electron chi connectivity index (χ4n) is 4.09. The number of halogens is 1. The summed E-state index contributed by atoms with van der Waals surface area (Å²) >= 11 is 7.02. The van der Waals surface area contributed by atoms with Crippen LogP contribution in [-0.2, 0) is 16.4 Å². The Bertz CT molecular complexity index is 971. The van der Waals surface area contributed by atoms with E-state index in [0.717, 1.165) is 50.5 Å². The van der Waals surface area contributed by atoms with E-state index in [9.17, 15) is 8.42 Å². The first-order chi connectivity index (χ1) is 13.8. The molecule has 0 amide bonds. The average Bonchev–Trinajstić information content (AvgIpc) is 3.30. The second-order valence-electron chi connectivity index (χ2n) is 7.83. The van der Waals surface area contributed by atoms with Gasteiger partial charge in [0.25, 0.3) is 0 Å². The number of fused-ring (bicyclic) bond motifs is 1. The van der Waals surface area contributed by atoms with Gasteiger partial charge in [0.2, 0.25) is 10.0 Å². The van der Waals surface area contributed by atoms with Gasteiger partial charge in [0.05, 0.1) is 4.34 Å². The molecule has 9 heteroatoms. The number of benzene rings is 1. The van der Waals surface area contributed by atoms with Crippen molar-refractivity contribution in [3.05, 3.63) is 45.8 Å². The molecule has 0 saturated carbocycles. The first kappa shape index (κ1) is 21.1. The van der Waals surface area contributed by atoms with Gasteiger partial charge in [-0.25, -0.2) is 13.1 Å². The van der Waals surface area contributed by atoms with E-state index in [1.807, 2.05) is 0 Å². The first-order valence-electron chi connectivity index (χ1n) is 9.85. The van der Waals surface area contributed by atoms with E-state index in [-0.39, 0.29) is 10.3 Å². The van der Waals surface area contributed by atoms with E-state index >= 15 is 0 Å². The first-order valence-corrected chi connectivity index (χ1v) is 12.5. The smallest absolute Gasteiger partial charge is 0.250 e. The van der Waals surface area contributed by atoms with E-state index in [2.05, 4.69) is 51.7 Å². The largest absolute Gasteiger partial charge is 0.374 e. The van der Waals surface area contributed by atoms with Crippen molar-refractivity contribution in [2.24, 2.45) is 0 Å². The highest BCUT2D eigenvalue weighted by molar-refractivity contribution is 7.91. The average molecular weight is 455 g/mol. The summed E-state index contributed by atoms with van der Waals surface area (Å²) in [5.74, 6) is 0. The van der Waals surface area contributed by atoms with Crippen molar-refractivity contribution < 1.29 is 8.42 Å². The molecule has 29 heavy (non-hydrogen) atoms. The van der Waals surface area contributed by atoms with Crippen LogP contribution in [0.25, 0.3) is 0 Å². The fourth-order valence-corrected chi connectivity index (χ4v) is 6.65. The Kier molecular flexibility index (Phi) is 6.20. The van der Waals surface area contributed by atoms with Crippen LogP contribution in [0.1, 0.15) is 17.2 Å². The van der Waals surface area contributed by atoms with Gasteiger partial charge in [0, 0.05) is 58.0 Å². The van der Waals surface area contributed by atoms with Crippen molar-refractivity contribution in [2.75, 3.05) is 58.3 Å². The van der Waals surface area contributed by atoms with Crippen molar-refractivity contribution in [1.29, 1.82) is 0 Å². The van der Waals surface area contributed by atoms with Crippen LogP contribution in [0.2, 0.25) is 4.34 Å². The second-order valence-corrected chi connectivity index (χ2v) is 11.5. The molecule has 0 radical (unpaired) electrons. The molecule has 0 unspecified atom stereocenters. The minimum Gasteiger partial charge on any atom is -0.374 e. The topological polar surface area (TPSA) is 55.9 Å². The summed E-state index contributed by atoms with van der Waals surface area (Å²) in [6.07, 6.45) is 1.04. The molecule has 0 aliphatic carbocycles. The maximum absolute atomic E-state index is 12.8. The Hall–Kier alpha value is -1.16. The quantitative estimate of drug-likeness (QED) is 0.727. The lowest BCUT2D eigenvalue weighted by Gasteiger charge is -2.38. The fraction of sp³-hybridized carbons (Fsp3) is 0.500. The molecule has 3 heterocycles. The molecule has 0 bridgehead atoms. The zero-order chi connectivity index (χ0) is 20.6. The van der Waals surface area contributed by atoms with Crippen molar-refractivity contribution in [1.82, 2.24) is 14.5 Å². The number of nitrogens with one attached hydrogen (secondary N) is 1. The third kappa shape index (κ3) is 4.62. The molecule has 1 N–H and O–H groups in total. The molecule has 6 nitrogen and oxygen atoms in total. The highest BCUT2D eigenvalue weighted by Gasteiger charge is 2.28. The van der Waals surface area contributed by atoms with Gasteiger partial charge in [-0.1, -0.05) is 23.7 Å². The van der Waals surface area contributed by atoms with Gasteiger partial charge in [-0.05, 0) is 42.8 Å². The summed E-state index contributed by atoms with van der Waals surface area (Å²) in [5, 5.41) is 0. The van der Waals surface area contributed by atoms with Crippen molar-refractivity contribution >= 4 is 38.6 Å². The van der Waals surface area contributed by atoms with Crippen LogP contribution in [0.3, 0.4) is 0 Å². The molecule has 158 valence electrons. The number of piperazine rings is 1. The van der Waals surface area contributed by atoms with Gasteiger partial charge in [0.1, 0.15) is 4.21 Å². The SMILES string of the molecule is CN1CCN([C@H](CNS(=O)(=O)c2ccc(Cl)s2)c2ccc3c(c2)CCN3C)CC1.